The van der Waals surface area contributed by atoms with Crippen molar-refractivity contribution in [3.05, 3.63) is 59.2 Å². The van der Waals surface area contributed by atoms with Gasteiger partial charge in [-0.05, 0) is 36.2 Å². The lowest BCUT2D eigenvalue weighted by Gasteiger charge is -2.29. The molecule has 3 amide bonds. The highest BCUT2D eigenvalue weighted by Gasteiger charge is 2.37. The van der Waals surface area contributed by atoms with Gasteiger partial charge in [0.15, 0.2) is 5.13 Å². The maximum atomic E-state index is 13.5. The highest BCUT2D eigenvalue weighted by atomic mass is 35.5. The van der Waals surface area contributed by atoms with Crippen LogP contribution in [0.25, 0.3) is 10.2 Å². The number of morpholine rings is 1. The Hall–Kier alpha value is -2.85. The van der Waals surface area contributed by atoms with E-state index in [4.69, 9.17) is 9.72 Å². The monoisotopic (exact) mass is 514 g/mol. The predicted octanol–water partition coefficient (Wildman–Crippen LogP) is 3.24. The molecule has 0 radical (unpaired) electrons. The number of carbonyl (C=O) groups is 3. The van der Waals surface area contributed by atoms with Gasteiger partial charge >= 0.3 is 0 Å². The number of carbonyl (C=O) groups excluding carboxylic acids is 3. The molecule has 2 aliphatic rings. The van der Waals surface area contributed by atoms with Crippen LogP contribution in [-0.4, -0.2) is 78.4 Å². The van der Waals surface area contributed by atoms with E-state index in [1.165, 1.54) is 16.9 Å². The van der Waals surface area contributed by atoms with Gasteiger partial charge in [0.25, 0.3) is 11.8 Å². The van der Waals surface area contributed by atoms with Crippen LogP contribution in [0, 0.1) is 0 Å². The summed E-state index contributed by atoms with van der Waals surface area (Å²) in [6.45, 7) is 5.82. The molecule has 35 heavy (non-hydrogen) atoms. The average Bonchev–Trinajstić information content (AvgIpc) is 3.39. The Balaban J connectivity index is 0.00000289. The SMILES string of the molecule is CCc1ccc2nc(N(CCN3CCOCC3)C(=O)CN3C(=O)c4ccccc4C3=O)sc2c1.Cl. The Labute approximate surface area is 213 Å². The molecular weight excluding hydrogens is 488 g/mol. The van der Waals surface area contributed by atoms with Gasteiger partial charge in [-0.15, -0.1) is 12.4 Å². The summed E-state index contributed by atoms with van der Waals surface area (Å²) in [6.07, 6.45) is 0.919. The zero-order valence-electron chi connectivity index (χ0n) is 19.4. The van der Waals surface area contributed by atoms with Gasteiger partial charge in [0.2, 0.25) is 5.91 Å². The van der Waals surface area contributed by atoms with E-state index >= 15 is 0 Å². The van der Waals surface area contributed by atoms with Crippen molar-refractivity contribution in [2.75, 3.05) is 50.8 Å². The van der Waals surface area contributed by atoms with Crippen LogP contribution in [0.1, 0.15) is 33.2 Å². The van der Waals surface area contributed by atoms with E-state index in [2.05, 4.69) is 17.9 Å². The fourth-order valence-electron chi connectivity index (χ4n) is 4.29. The molecule has 3 heterocycles. The van der Waals surface area contributed by atoms with E-state index in [9.17, 15) is 14.4 Å². The topological polar surface area (TPSA) is 83.1 Å². The van der Waals surface area contributed by atoms with E-state index < -0.39 is 11.8 Å². The fourth-order valence-corrected chi connectivity index (χ4v) is 5.36. The van der Waals surface area contributed by atoms with Crippen LogP contribution in [0.4, 0.5) is 5.13 Å². The van der Waals surface area contributed by atoms with Gasteiger partial charge in [0.1, 0.15) is 6.54 Å². The minimum absolute atomic E-state index is 0. The molecule has 0 N–H and O–H groups in total. The molecule has 0 bridgehead atoms. The Bertz CT molecular complexity index is 1220. The zero-order chi connectivity index (χ0) is 23.7. The number of rotatable bonds is 7. The molecule has 10 heteroatoms. The van der Waals surface area contributed by atoms with Gasteiger partial charge in [-0.25, -0.2) is 4.98 Å². The number of nitrogens with zero attached hydrogens (tertiary/aromatic N) is 4. The van der Waals surface area contributed by atoms with Crippen molar-refractivity contribution in [3.63, 3.8) is 0 Å². The van der Waals surface area contributed by atoms with E-state index in [0.29, 0.717) is 42.6 Å². The second-order valence-electron chi connectivity index (χ2n) is 8.39. The Kier molecular flexibility index (Phi) is 7.81. The van der Waals surface area contributed by atoms with E-state index in [1.54, 1.807) is 29.2 Å². The number of halogens is 1. The number of thiazole rings is 1. The molecule has 8 nitrogen and oxygen atoms in total. The summed E-state index contributed by atoms with van der Waals surface area (Å²) < 4.78 is 6.44. The molecule has 0 aliphatic carbocycles. The molecule has 184 valence electrons. The minimum Gasteiger partial charge on any atom is -0.379 e. The first-order chi connectivity index (χ1) is 16.5. The first-order valence-corrected chi connectivity index (χ1v) is 12.3. The lowest BCUT2D eigenvalue weighted by molar-refractivity contribution is -0.119. The van der Waals surface area contributed by atoms with Gasteiger partial charge in [-0.2, -0.15) is 0 Å². The van der Waals surface area contributed by atoms with E-state index in [0.717, 1.165) is 34.6 Å². The summed E-state index contributed by atoms with van der Waals surface area (Å²) in [7, 11) is 0. The van der Waals surface area contributed by atoms with Gasteiger partial charge < -0.3 is 4.74 Å². The fraction of sp³-hybridized carbons (Fsp3) is 0.360. The molecule has 0 saturated carbocycles. The highest BCUT2D eigenvalue weighted by Crippen LogP contribution is 2.30. The number of ether oxygens (including phenoxy) is 1. The Morgan fingerprint density at radius 1 is 1.09 bits per heavy atom. The molecule has 0 unspecified atom stereocenters. The molecule has 1 fully saturated rings. The number of amides is 3. The summed E-state index contributed by atoms with van der Waals surface area (Å²) in [5.74, 6) is -1.18. The van der Waals surface area contributed by atoms with Gasteiger partial charge in [-0.3, -0.25) is 29.1 Å². The summed E-state index contributed by atoms with van der Waals surface area (Å²) in [5.41, 5.74) is 2.72. The van der Waals surface area contributed by atoms with E-state index in [-0.39, 0.29) is 24.9 Å². The second kappa shape index (κ2) is 10.8. The molecule has 5 rings (SSSR count). The summed E-state index contributed by atoms with van der Waals surface area (Å²) in [6, 6.07) is 12.8. The maximum Gasteiger partial charge on any atom is 0.262 e. The van der Waals surface area contributed by atoms with Crippen LogP contribution in [0.15, 0.2) is 42.5 Å². The normalized spacial score (nSPS) is 15.9. The smallest absolute Gasteiger partial charge is 0.262 e. The van der Waals surface area contributed by atoms with Crippen molar-refractivity contribution in [2.24, 2.45) is 0 Å². The third-order valence-electron chi connectivity index (χ3n) is 6.30. The first kappa shape index (κ1) is 25.2. The number of hydrogen-bond acceptors (Lipinski definition) is 7. The van der Waals surface area contributed by atoms with Crippen LogP contribution in [0.2, 0.25) is 0 Å². The molecule has 2 aliphatic heterocycles. The van der Waals surface area contributed by atoms with Crippen molar-refractivity contribution < 1.29 is 19.1 Å². The quantitative estimate of drug-likeness (QED) is 0.450. The number of aryl methyl sites for hydroxylation is 1. The lowest BCUT2D eigenvalue weighted by Crippen LogP contribution is -2.47. The van der Waals surface area contributed by atoms with Gasteiger partial charge in [0.05, 0.1) is 34.6 Å². The number of fused-ring (bicyclic) bond motifs is 2. The number of anilines is 1. The molecule has 0 atom stereocenters. The summed E-state index contributed by atoms with van der Waals surface area (Å²) >= 11 is 1.46. The third-order valence-corrected chi connectivity index (χ3v) is 7.34. The summed E-state index contributed by atoms with van der Waals surface area (Å²) in [5, 5.41) is 0.582. The Morgan fingerprint density at radius 3 is 2.43 bits per heavy atom. The second-order valence-corrected chi connectivity index (χ2v) is 9.40. The van der Waals surface area contributed by atoms with Crippen LogP contribution in [-0.2, 0) is 16.0 Å². The predicted molar refractivity (Wildman–Crippen MR) is 138 cm³/mol. The highest BCUT2D eigenvalue weighted by molar-refractivity contribution is 7.22. The average molecular weight is 515 g/mol. The van der Waals surface area contributed by atoms with Crippen molar-refractivity contribution in [3.8, 4) is 0 Å². The largest absolute Gasteiger partial charge is 0.379 e. The van der Waals surface area contributed by atoms with E-state index in [1.807, 2.05) is 12.1 Å². The Morgan fingerprint density at radius 2 is 1.77 bits per heavy atom. The zero-order valence-corrected chi connectivity index (χ0v) is 21.1. The van der Waals surface area contributed by atoms with Crippen LogP contribution < -0.4 is 4.90 Å². The molecule has 2 aromatic carbocycles. The standard InChI is InChI=1S/C25H26N4O4S.ClH/c1-2-17-7-8-20-21(15-17)34-25(26-20)28(10-9-27-11-13-33-14-12-27)22(30)16-29-23(31)18-5-3-4-6-19(18)24(29)32;/h3-8,15H,2,9-14,16H2,1H3;1H. The van der Waals surface area contributed by atoms with Crippen LogP contribution in [0.3, 0.4) is 0 Å². The number of imide groups is 1. The van der Waals surface area contributed by atoms with Crippen LogP contribution >= 0.6 is 23.7 Å². The molecular formula is C25H27ClN4O4S. The summed E-state index contributed by atoms with van der Waals surface area (Å²) in [4.78, 5) is 48.8. The van der Waals surface area contributed by atoms with Crippen molar-refractivity contribution in [2.45, 2.75) is 13.3 Å². The van der Waals surface area contributed by atoms with Gasteiger partial charge in [0, 0.05) is 26.2 Å². The van der Waals surface area contributed by atoms with Crippen molar-refractivity contribution >= 4 is 56.8 Å². The number of aromatic nitrogens is 1. The number of hydrogen-bond donors (Lipinski definition) is 0. The first-order valence-electron chi connectivity index (χ1n) is 11.5. The maximum absolute atomic E-state index is 13.5. The molecule has 1 saturated heterocycles. The van der Waals surface area contributed by atoms with Crippen molar-refractivity contribution in [1.29, 1.82) is 0 Å². The minimum atomic E-state index is -0.432. The van der Waals surface area contributed by atoms with Crippen molar-refractivity contribution in [1.82, 2.24) is 14.8 Å². The molecule has 0 spiro atoms. The lowest BCUT2D eigenvalue weighted by atomic mass is 10.1. The van der Waals surface area contributed by atoms with Crippen LogP contribution in [0.5, 0.6) is 0 Å². The molecule has 1 aromatic heterocycles. The van der Waals surface area contributed by atoms with Gasteiger partial charge in [-0.1, -0.05) is 36.5 Å². The number of benzene rings is 2. The molecule has 3 aromatic rings. The third kappa shape index (κ3) is 5.08.